The van der Waals surface area contributed by atoms with E-state index in [0.29, 0.717) is 18.7 Å². The van der Waals surface area contributed by atoms with Gasteiger partial charge in [0.25, 0.3) is 0 Å². The molecule has 1 unspecified atom stereocenters. The lowest BCUT2D eigenvalue weighted by Crippen LogP contribution is -2.28. The van der Waals surface area contributed by atoms with Gasteiger partial charge >= 0.3 is 0 Å². The number of primary amides is 1. The first kappa shape index (κ1) is 14.0. The minimum Gasteiger partial charge on any atom is -0.399 e. The van der Waals surface area contributed by atoms with Crippen molar-refractivity contribution >= 4 is 17.5 Å². The average molecular weight is 249 g/mol. The summed E-state index contributed by atoms with van der Waals surface area (Å²) in [6.45, 7) is 2.27. The largest absolute Gasteiger partial charge is 0.399 e. The lowest BCUT2D eigenvalue weighted by Gasteiger charge is -2.12. The molecule has 0 bridgehead atoms. The maximum Gasteiger partial charge on any atom is 0.220 e. The van der Waals surface area contributed by atoms with Crippen molar-refractivity contribution in [1.82, 2.24) is 5.32 Å². The summed E-state index contributed by atoms with van der Waals surface area (Å²) in [7, 11) is 0. The van der Waals surface area contributed by atoms with Crippen LogP contribution >= 0.6 is 0 Å². The Labute approximate surface area is 107 Å². The van der Waals surface area contributed by atoms with Gasteiger partial charge in [-0.25, -0.2) is 0 Å². The molecule has 0 heterocycles. The number of carbonyl (C=O) groups is 2. The molecule has 5 nitrogen and oxygen atoms in total. The van der Waals surface area contributed by atoms with E-state index in [2.05, 4.69) is 5.32 Å². The van der Waals surface area contributed by atoms with E-state index in [9.17, 15) is 9.59 Å². The molecule has 1 aromatic rings. The first-order valence-corrected chi connectivity index (χ1v) is 5.89. The Morgan fingerprint density at radius 1 is 1.28 bits per heavy atom. The number of anilines is 1. The fourth-order valence-electron chi connectivity index (χ4n) is 1.62. The fourth-order valence-corrected chi connectivity index (χ4v) is 1.62. The lowest BCUT2D eigenvalue weighted by atomic mass is 9.97. The molecule has 0 aliphatic carbocycles. The van der Waals surface area contributed by atoms with Gasteiger partial charge in [-0.3, -0.25) is 9.59 Å². The van der Waals surface area contributed by atoms with Crippen LogP contribution in [-0.2, 0) is 9.59 Å². The number of amides is 2. The number of nitrogen functional groups attached to an aromatic ring is 1. The van der Waals surface area contributed by atoms with Gasteiger partial charge in [0.1, 0.15) is 0 Å². The SMILES string of the molecule is CC(CC(=O)NCCC(N)=O)c1ccc(N)cc1. The molecule has 1 rings (SSSR count). The number of rotatable bonds is 6. The van der Waals surface area contributed by atoms with Crippen LogP contribution in [-0.4, -0.2) is 18.4 Å². The quantitative estimate of drug-likeness (QED) is 0.649. The third-order valence-corrected chi connectivity index (χ3v) is 2.69. The molecule has 0 saturated carbocycles. The standard InChI is InChI=1S/C13H19N3O2/c1-9(10-2-4-11(14)5-3-10)8-13(18)16-7-6-12(15)17/h2-5,9H,6-8,14H2,1H3,(H2,15,17)(H,16,18). The summed E-state index contributed by atoms with van der Waals surface area (Å²) in [6.07, 6.45) is 0.546. The van der Waals surface area contributed by atoms with E-state index in [1.807, 2.05) is 31.2 Å². The van der Waals surface area contributed by atoms with Crippen LogP contribution in [0.15, 0.2) is 24.3 Å². The molecule has 0 fully saturated rings. The molecule has 0 spiro atoms. The summed E-state index contributed by atoms with van der Waals surface area (Å²) in [6, 6.07) is 7.46. The van der Waals surface area contributed by atoms with E-state index in [1.54, 1.807) is 0 Å². The van der Waals surface area contributed by atoms with Crippen LogP contribution in [0.4, 0.5) is 5.69 Å². The van der Waals surface area contributed by atoms with E-state index in [-0.39, 0.29) is 18.2 Å². The van der Waals surface area contributed by atoms with Gasteiger partial charge < -0.3 is 16.8 Å². The Morgan fingerprint density at radius 3 is 2.44 bits per heavy atom. The van der Waals surface area contributed by atoms with Crippen LogP contribution in [0.2, 0.25) is 0 Å². The first-order valence-electron chi connectivity index (χ1n) is 5.89. The molecule has 0 radical (unpaired) electrons. The molecule has 5 N–H and O–H groups in total. The van der Waals surface area contributed by atoms with Crippen molar-refractivity contribution < 1.29 is 9.59 Å². The Hall–Kier alpha value is -2.04. The van der Waals surface area contributed by atoms with Crippen LogP contribution in [0.1, 0.15) is 31.2 Å². The van der Waals surface area contributed by atoms with E-state index in [4.69, 9.17) is 11.5 Å². The van der Waals surface area contributed by atoms with E-state index >= 15 is 0 Å². The van der Waals surface area contributed by atoms with Crippen molar-refractivity contribution in [3.63, 3.8) is 0 Å². The lowest BCUT2D eigenvalue weighted by molar-refractivity contribution is -0.121. The molecule has 0 aromatic heterocycles. The van der Waals surface area contributed by atoms with Crippen LogP contribution in [0, 0.1) is 0 Å². The van der Waals surface area contributed by atoms with E-state index < -0.39 is 5.91 Å². The van der Waals surface area contributed by atoms with Crippen LogP contribution < -0.4 is 16.8 Å². The normalized spacial score (nSPS) is 11.8. The monoisotopic (exact) mass is 249 g/mol. The highest BCUT2D eigenvalue weighted by Crippen LogP contribution is 2.19. The summed E-state index contributed by atoms with van der Waals surface area (Å²) in [5.74, 6) is -0.387. The molecule has 18 heavy (non-hydrogen) atoms. The van der Waals surface area contributed by atoms with Crippen molar-refractivity contribution in [3.05, 3.63) is 29.8 Å². The van der Waals surface area contributed by atoms with Crippen molar-refractivity contribution in [2.75, 3.05) is 12.3 Å². The second-order valence-corrected chi connectivity index (χ2v) is 4.34. The van der Waals surface area contributed by atoms with Crippen LogP contribution in [0.25, 0.3) is 0 Å². The highest BCUT2D eigenvalue weighted by atomic mass is 16.2. The summed E-state index contributed by atoms with van der Waals surface area (Å²) in [4.78, 5) is 22.1. The highest BCUT2D eigenvalue weighted by Gasteiger charge is 2.10. The zero-order valence-electron chi connectivity index (χ0n) is 10.5. The van der Waals surface area contributed by atoms with Crippen molar-refractivity contribution in [3.8, 4) is 0 Å². The summed E-state index contributed by atoms with van der Waals surface area (Å²) in [5, 5.41) is 2.66. The molecule has 1 aromatic carbocycles. The Kier molecular flexibility index (Phi) is 5.17. The van der Waals surface area contributed by atoms with Gasteiger partial charge in [-0.1, -0.05) is 19.1 Å². The summed E-state index contributed by atoms with van der Waals surface area (Å²) < 4.78 is 0. The predicted molar refractivity (Wildman–Crippen MR) is 70.7 cm³/mol. The second kappa shape index (κ2) is 6.64. The minimum absolute atomic E-state index is 0.0828. The average Bonchev–Trinajstić information content (AvgIpc) is 2.29. The van der Waals surface area contributed by atoms with Crippen molar-refractivity contribution in [2.24, 2.45) is 5.73 Å². The molecular formula is C13H19N3O2. The molecule has 1 atom stereocenters. The molecule has 98 valence electrons. The zero-order valence-corrected chi connectivity index (χ0v) is 10.5. The number of benzene rings is 1. The third-order valence-electron chi connectivity index (χ3n) is 2.69. The maximum absolute atomic E-state index is 11.6. The predicted octanol–water partition coefficient (Wildman–Crippen LogP) is 0.754. The van der Waals surface area contributed by atoms with Crippen LogP contribution in [0.5, 0.6) is 0 Å². The first-order chi connectivity index (χ1) is 8.49. The topological polar surface area (TPSA) is 98.2 Å². The molecule has 5 heteroatoms. The smallest absolute Gasteiger partial charge is 0.220 e. The molecule has 0 saturated heterocycles. The number of nitrogens with one attached hydrogen (secondary N) is 1. The molecule has 2 amide bonds. The number of hydrogen-bond acceptors (Lipinski definition) is 3. The second-order valence-electron chi connectivity index (χ2n) is 4.34. The molecular weight excluding hydrogens is 230 g/mol. The number of carbonyl (C=O) groups excluding carboxylic acids is 2. The Bertz CT molecular complexity index is 415. The van der Waals surface area contributed by atoms with Gasteiger partial charge in [0.2, 0.25) is 11.8 Å². The van der Waals surface area contributed by atoms with Gasteiger partial charge in [0.05, 0.1) is 0 Å². The Morgan fingerprint density at radius 2 is 1.89 bits per heavy atom. The third kappa shape index (κ3) is 4.86. The van der Waals surface area contributed by atoms with E-state index in [1.165, 1.54) is 0 Å². The maximum atomic E-state index is 11.6. The number of hydrogen-bond donors (Lipinski definition) is 3. The summed E-state index contributed by atoms with van der Waals surface area (Å²) in [5.41, 5.74) is 12.4. The Balaban J connectivity index is 2.39. The number of nitrogens with two attached hydrogens (primary N) is 2. The molecule has 0 aliphatic rings. The van der Waals surface area contributed by atoms with E-state index in [0.717, 1.165) is 5.56 Å². The zero-order chi connectivity index (χ0) is 13.5. The van der Waals surface area contributed by atoms with Gasteiger partial charge in [0, 0.05) is 25.1 Å². The fraction of sp³-hybridized carbons (Fsp3) is 0.385. The van der Waals surface area contributed by atoms with Crippen molar-refractivity contribution in [1.29, 1.82) is 0 Å². The molecule has 0 aliphatic heterocycles. The van der Waals surface area contributed by atoms with Gasteiger partial charge in [-0.15, -0.1) is 0 Å². The summed E-state index contributed by atoms with van der Waals surface area (Å²) >= 11 is 0. The minimum atomic E-state index is -0.415. The van der Waals surface area contributed by atoms with Gasteiger partial charge in [-0.05, 0) is 23.6 Å². The van der Waals surface area contributed by atoms with Crippen LogP contribution in [0.3, 0.4) is 0 Å². The van der Waals surface area contributed by atoms with Gasteiger partial charge in [0.15, 0.2) is 0 Å². The van der Waals surface area contributed by atoms with Crippen molar-refractivity contribution in [2.45, 2.75) is 25.7 Å². The highest BCUT2D eigenvalue weighted by molar-refractivity contribution is 5.78. The van der Waals surface area contributed by atoms with Gasteiger partial charge in [-0.2, -0.15) is 0 Å².